The number of likely N-dealkylation sites (N-methyl/N-ethyl adjacent to an activating group) is 2. The lowest BCUT2D eigenvalue weighted by molar-refractivity contribution is -0.138. The van der Waals surface area contributed by atoms with Crippen LogP contribution in [0.2, 0.25) is 0 Å². The van der Waals surface area contributed by atoms with Crippen molar-refractivity contribution in [3.8, 4) is 11.1 Å². The topological polar surface area (TPSA) is 47.0 Å². The van der Waals surface area contributed by atoms with Gasteiger partial charge in [-0.05, 0) is 48.0 Å². The van der Waals surface area contributed by atoms with Crippen LogP contribution in [0.15, 0.2) is 78.9 Å². The number of carboxylic acid groups (broad SMARTS) is 1. The van der Waals surface area contributed by atoms with Crippen molar-refractivity contribution in [3.63, 3.8) is 0 Å². The maximum atomic E-state index is 12.0. The lowest BCUT2D eigenvalue weighted by Crippen LogP contribution is -2.44. The number of carbonyl (C=O) groups is 1. The van der Waals surface area contributed by atoms with Gasteiger partial charge in [-0.1, -0.05) is 54.6 Å². The fourth-order valence-electron chi connectivity index (χ4n) is 4.24. The number of carboxylic acids is 1. The summed E-state index contributed by atoms with van der Waals surface area (Å²) in [5.74, 6) is -0.821. The average Bonchev–Trinajstić information content (AvgIpc) is 2.83. The van der Waals surface area contributed by atoms with Gasteiger partial charge in [0.25, 0.3) is 0 Å². The predicted molar refractivity (Wildman–Crippen MR) is 132 cm³/mol. The molecule has 1 fully saturated rings. The van der Waals surface area contributed by atoms with Gasteiger partial charge in [0.2, 0.25) is 0 Å². The van der Waals surface area contributed by atoms with E-state index in [4.69, 9.17) is 0 Å². The molecule has 0 spiro atoms. The summed E-state index contributed by atoms with van der Waals surface area (Å²) >= 11 is 0. The zero-order valence-electron chi connectivity index (χ0n) is 18.8. The Morgan fingerprint density at radius 3 is 2.25 bits per heavy atom. The molecule has 1 N–H and O–H groups in total. The Labute approximate surface area is 190 Å². The quantitative estimate of drug-likeness (QED) is 0.609. The van der Waals surface area contributed by atoms with E-state index in [0.717, 1.165) is 48.6 Å². The second-order valence-electron chi connectivity index (χ2n) is 8.54. The van der Waals surface area contributed by atoms with Crippen LogP contribution >= 0.6 is 0 Å². The van der Waals surface area contributed by atoms with E-state index in [0.29, 0.717) is 6.42 Å². The molecule has 3 aromatic carbocycles. The second-order valence-corrected chi connectivity index (χ2v) is 8.54. The van der Waals surface area contributed by atoms with Crippen LogP contribution in [0.5, 0.6) is 0 Å². The molecular formula is C27H31N3O2. The monoisotopic (exact) mass is 429 g/mol. The summed E-state index contributed by atoms with van der Waals surface area (Å²) < 4.78 is 0. The van der Waals surface area contributed by atoms with Crippen molar-refractivity contribution in [2.45, 2.75) is 12.5 Å². The van der Waals surface area contributed by atoms with Gasteiger partial charge in [0, 0.05) is 51.0 Å². The highest BCUT2D eigenvalue weighted by Gasteiger charge is 2.23. The molecule has 166 valence electrons. The zero-order valence-corrected chi connectivity index (χ0v) is 18.8. The molecule has 3 aromatic rings. The van der Waals surface area contributed by atoms with Crippen molar-refractivity contribution in [1.82, 2.24) is 4.90 Å². The maximum Gasteiger partial charge on any atom is 0.326 e. The number of rotatable bonds is 7. The van der Waals surface area contributed by atoms with Gasteiger partial charge in [-0.2, -0.15) is 0 Å². The van der Waals surface area contributed by atoms with Crippen LogP contribution in [0.4, 0.5) is 11.4 Å². The van der Waals surface area contributed by atoms with Gasteiger partial charge < -0.3 is 19.8 Å². The number of nitrogens with zero attached hydrogens (tertiary/aromatic N) is 3. The minimum atomic E-state index is -0.821. The molecule has 0 aromatic heterocycles. The number of benzene rings is 3. The third-order valence-electron chi connectivity index (χ3n) is 6.35. The highest BCUT2D eigenvalue weighted by molar-refractivity contribution is 5.79. The van der Waals surface area contributed by atoms with Gasteiger partial charge >= 0.3 is 5.97 Å². The summed E-state index contributed by atoms with van der Waals surface area (Å²) in [5.41, 5.74) is 5.39. The molecule has 1 saturated heterocycles. The highest BCUT2D eigenvalue weighted by atomic mass is 16.4. The Morgan fingerprint density at radius 1 is 0.906 bits per heavy atom. The zero-order chi connectivity index (χ0) is 22.5. The number of piperazine rings is 1. The van der Waals surface area contributed by atoms with Gasteiger partial charge in [-0.3, -0.25) is 0 Å². The summed E-state index contributed by atoms with van der Waals surface area (Å²) in [5, 5.41) is 9.87. The molecule has 1 heterocycles. The molecule has 1 aliphatic rings. The lowest BCUT2D eigenvalue weighted by Gasteiger charge is -2.34. The molecule has 4 rings (SSSR count). The third-order valence-corrected chi connectivity index (χ3v) is 6.35. The van der Waals surface area contributed by atoms with Gasteiger partial charge in [0.15, 0.2) is 0 Å². The summed E-state index contributed by atoms with van der Waals surface area (Å²) in [6.07, 6.45) is 0.455. The Balaban J connectivity index is 1.51. The van der Waals surface area contributed by atoms with E-state index in [1.807, 2.05) is 54.4 Å². The maximum absolute atomic E-state index is 12.0. The van der Waals surface area contributed by atoms with E-state index >= 15 is 0 Å². The Hall–Kier alpha value is -3.31. The van der Waals surface area contributed by atoms with Gasteiger partial charge in [-0.15, -0.1) is 0 Å². The van der Waals surface area contributed by atoms with Gasteiger partial charge in [0.1, 0.15) is 6.04 Å². The summed E-state index contributed by atoms with van der Waals surface area (Å²) in [6.45, 7) is 4.27. The third kappa shape index (κ3) is 5.11. The summed E-state index contributed by atoms with van der Waals surface area (Å²) in [7, 11) is 4.02. The molecule has 0 radical (unpaired) electrons. The smallest absolute Gasteiger partial charge is 0.326 e. The molecule has 0 saturated carbocycles. The van der Waals surface area contributed by atoms with Crippen molar-refractivity contribution in [1.29, 1.82) is 0 Å². The van der Waals surface area contributed by atoms with Crippen molar-refractivity contribution < 1.29 is 9.90 Å². The molecule has 1 aliphatic heterocycles. The molecule has 32 heavy (non-hydrogen) atoms. The van der Waals surface area contributed by atoms with Crippen LogP contribution < -0.4 is 9.80 Å². The molecule has 0 unspecified atom stereocenters. The van der Waals surface area contributed by atoms with Crippen molar-refractivity contribution in [2.24, 2.45) is 0 Å². The summed E-state index contributed by atoms with van der Waals surface area (Å²) in [4.78, 5) is 18.7. The predicted octanol–water partition coefficient (Wildman–Crippen LogP) is 4.24. The fraction of sp³-hybridized carbons (Fsp3) is 0.296. The van der Waals surface area contributed by atoms with Crippen molar-refractivity contribution in [2.75, 3.05) is 50.1 Å². The molecule has 0 amide bonds. The summed E-state index contributed by atoms with van der Waals surface area (Å²) in [6, 6.07) is 26.0. The fourth-order valence-corrected chi connectivity index (χ4v) is 4.24. The normalized spacial score (nSPS) is 15.4. The number of hydrogen-bond acceptors (Lipinski definition) is 4. The lowest BCUT2D eigenvalue weighted by atomic mass is 10.0. The first-order valence-corrected chi connectivity index (χ1v) is 11.1. The largest absolute Gasteiger partial charge is 0.480 e. The minimum absolute atomic E-state index is 0.455. The van der Waals surface area contributed by atoms with E-state index < -0.39 is 12.0 Å². The van der Waals surface area contributed by atoms with Crippen LogP contribution in [-0.4, -0.2) is 62.3 Å². The first-order valence-electron chi connectivity index (χ1n) is 11.1. The van der Waals surface area contributed by atoms with Crippen LogP contribution in [0.25, 0.3) is 11.1 Å². The average molecular weight is 430 g/mol. The standard InChI is InChI=1S/C27H31N3O2/c1-28-15-17-30(18-16-28)24-13-11-22(12-14-24)23-9-6-10-25(20-23)29(2)26(27(31)32)19-21-7-4-3-5-8-21/h3-14,20,26H,15-19H2,1-2H3,(H,31,32)/t26-/m0/s1. The van der Waals surface area contributed by atoms with Crippen molar-refractivity contribution in [3.05, 3.63) is 84.4 Å². The molecule has 0 bridgehead atoms. The number of aliphatic carboxylic acids is 1. The van der Waals surface area contributed by atoms with E-state index in [1.165, 1.54) is 5.69 Å². The van der Waals surface area contributed by atoms with E-state index in [9.17, 15) is 9.90 Å². The first-order chi connectivity index (χ1) is 15.5. The van der Waals surface area contributed by atoms with Crippen LogP contribution in [-0.2, 0) is 11.2 Å². The van der Waals surface area contributed by atoms with Crippen LogP contribution in [0.1, 0.15) is 5.56 Å². The van der Waals surface area contributed by atoms with Gasteiger partial charge in [-0.25, -0.2) is 4.79 Å². The molecular weight excluding hydrogens is 398 g/mol. The Morgan fingerprint density at radius 2 is 1.59 bits per heavy atom. The van der Waals surface area contributed by atoms with Crippen molar-refractivity contribution >= 4 is 17.3 Å². The Bertz CT molecular complexity index is 1030. The molecule has 5 nitrogen and oxygen atoms in total. The van der Waals surface area contributed by atoms with E-state index in [2.05, 4.69) is 53.2 Å². The minimum Gasteiger partial charge on any atom is -0.480 e. The number of hydrogen-bond donors (Lipinski definition) is 1. The highest BCUT2D eigenvalue weighted by Crippen LogP contribution is 2.28. The molecule has 1 atom stereocenters. The van der Waals surface area contributed by atoms with Crippen LogP contribution in [0, 0.1) is 0 Å². The number of anilines is 2. The van der Waals surface area contributed by atoms with E-state index in [-0.39, 0.29) is 0 Å². The Kier molecular flexibility index (Phi) is 6.76. The van der Waals surface area contributed by atoms with Gasteiger partial charge in [0.05, 0.1) is 0 Å². The first kappa shape index (κ1) is 21.9. The molecule has 0 aliphatic carbocycles. The van der Waals surface area contributed by atoms with E-state index in [1.54, 1.807) is 0 Å². The van der Waals surface area contributed by atoms with Crippen LogP contribution in [0.3, 0.4) is 0 Å². The second kappa shape index (κ2) is 9.88. The molecule has 5 heteroatoms. The SMILES string of the molecule is CN1CCN(c2ccc(-c3cccc(N(C)[C@@H](Cc4ccccc4)C(=O)O)c3)cc2)CC1.